The quantitative estimate of drug-likeness (QED) is 0.578. The average molecular weight is 422 g/mol. The summed E-state index contributed by atoms with van der Waals surface area (Å²) >= 11 is 0. The number of esters is 1. The summed E-state index contributed by atoms with van der Waals surface area (Å²) in [6.45, 7) is 7.06. The fraction of sp³-hybridized carbons (Fsp3) is 0.391. The van der Waals surface area contributed by atoms with Crippen molar-refractivity contribution in [3.8, 4) is 17.0 Å². The molecule has 2 aromatic heterocycles. The van der Waals surface area contributed by atoms with Crippen LogP contribution in [0.25, 0.3) is 22.3 Å². The van der Waals surface area contributed by atoms with E-state index in [2.05, 4.69) is 18.7 Å². The second kappa shape index (κ2) is 8.85. The highest BCUT2D eigenvalue weighted by Gasteiger charge is 2.20. The largest absolute Gasteiger partial charge is 0.496 e. The maximum atomic E-state index is 12.2. The van der Waals surface area contributed by atoms with Crippen molar-refractivity contribution in [1.29, 1.82) is 0 Å². The van der Waals surface area contributed by atoms with Gasteiger partial charge in [-0.25, -0.2) is 19.7 Å². The smallest absolute Gasteiger partial charge is 0.341 e. The molecule has 1 aliphatic rings. The van der Waals surface area contributed by atoms with Crippen LogP contribution in [0, 0.1) is 0 Å². The summed E-state index contributed by atoms with van der Waals surface area (Å²) in [5.41, 5.74) is 2.47. The first-order chi connectivity index (χ1) is 15.0. The molecule has 0 N–H and O–H groups in total. The van der Waals surface area contributed by atoms with Crippen LogP contribution < -0.4 is 9.64 Å². The van der Waals surface area contributed by atoms with Gasteiger partial charge in [-0.1, -0.05) is 13.8 Å². The third kappa shape index (κ3) is 4.16. The van der Waals surface area contributed by atoms with E-state index in [1.54, 1.807) is 12.1 Å². The van der Waals surface area contributed by atoms with Crippen LogP contribution in [0.5, 0.6) is 5.75 Å². The molecule has 1 saturated heterocycles. The number of ether oxygens (including phenoxy) is 3. The van der Waals surface area contributed by atoms with Crippen molar-refractivity contribution in [2.24, 2.45) is 0 Å². The summed E-state index contributed by atoms with van der Waals surface area (Å²) in [6, 6.07) is 9.26. The van der Waals surface area contributed by atoms with Crippen molar-refractivity contribution >= 4 is 22.8 Å². The highest BCUT2D eigenvalue weighted by atomic mass is 16.5. The topological polar surface area (TPSA) is 86.7 Å². The van der Waals surface area contributed by atoms with Gasteiger partial charge in [0.1, 0.15) is 23.0 Å². The van der Waals surface area contributed by atoms with Gasteiger partial charge in [0.15, 0.2) is 5.65 Å². The first-order valence-corrected chi connectivity index (χ1v) is 10.3. The lowest BCUT2D eigenvalue weighted by Gasteiger charge is -2.29. The number of nitrogens with zero attached hydrogens (tertiary/aromatic N) is 4. The van der Waals surface area contributed by atoms with Crippen LogP contribution in [0.1, 0.15) is 35.9 Å². The zero-order chi connectivity index (χ0) is 22.0. The summed E-state index contributed by atoms with van der Waals surface area (Å²) in [6.07, 6.45) is 0. The molecule has 4 rings (SSSR count). The van der Waals surface area contributed by atoms with Crippen LogP contribution >= 0.6 is 0 Å². The predicted molar refractivity (Wildman–Crippen MR) is 118 cm³/mol. The summed E-state index contributed by atoms with van der Waals surface area (Å²) in [7, 11) is 2.87. The zero-order valence-corrected chi connectivity index (χ0v) is 18.2. The number of hydrogen-bond acceptors (Lipinski definition) is 8. The van der Waals surface area contributed by atoms with E-state index in [0.29, 0.717) is 35.9 Å². The summed E-state index contributed by atoms with van der Waals surface area (Å²) < 4.78 is 15.7. The van der Waals surface area contributed by atoms with E-state index in [1.807, 2.05) is 18.2 Å². The Kier molecular flexibility index (Phi) is 5.99. The van der Waals surface area contributed by atoms with Gasteiger partial charge >= 0.3 is 5.97 Å². The van der Waals surface area contributed by atoms with Gasteiger partial charge in [0.05, 0.1) is 38.5 Å². The van der Waals surface area contributed by atoms with Gasteiger partial charge in [-0.2, -0.15) is 0 Å². The summed E-state index contributed by atoms with van der Waals surface area (Å²) in [5, 5.41) is 0.900. The van der Waals surface area contributed by atoms with Crippen LogP contribution in [0.4, 0.5) is 5.82 Å². The zero-order valence-electron chi connectivity index (χ0n) is 18.2. The molecule has 0 unspecified atom stereocenters. The molecule has 162 valence electrons. The van der Waals surface area contributed by atoms with Gasteiger partial charge in [-0.3, -0.25) is 0 Å². The van der Waals surface area contributed by atoms with Crippen molar-refractivity contribution in [3.05, 3.63) is 41.7 Å². The monoisotopic (exact) mass is 422 g/mol. The lowest BCUT2D eigenvalue weighted by atomic mass is 10.1. The molecule has 8 nitrogen and oxygen atoms in total. The van der Waals surface area contributed by atoms with E-state index in [0.717, 1.165) is 35.7 Å². The van der Waals surface area contributed by atoms with Crippen LogP contribution in [0.3, 0.4) is 0 Å². The van der Waals surface area contributed by atoms with Crippen molar-refractivity contribution in [1.82, 2.24) is 15.0 Å². The van der Waals surface area contributed by atoms with Crippen LogP contribution in [0.15, 0.2) is 30.3 Å². The summed E-state index contributed by atoms with van der Waals surface area (Å²) in [5.74, 6) is 1.81. The van der Waals surface area contributed by atoms with E-state index in [1.165, 1.54) is 14.2 Å². The van der Waals surface area contributed by atoms with E-state index >= 15 is 0 Å². The third-order valence-corrected chi connectivity index (χ3v) is 5.28. The molecule has 1 aromatic carbocycles. The highest BCUT2D eigenvalue weighted by Crippen LogP contribution is 2.30. The van der Waals surface area contributed by atoms with Gasteiger partial charge in [0.25, 0.3) is 0 Å². The fourth-order valence-corrected chi connectivity index (χ4v) is 3.58. The normalized spacial score (nSPS) is 14.2. The molecule has 3 heterocycles. The number of anilines is 1. The third-order valence-electron chi connectivity index (χ3n) is 5.28. The molecular weight excluding hydrogens is 396 g/mol. The number of morpholine rings is 1. The SMILES string of the molecule is COC(=O)c1cc(-c2ccc3c(N4CCOCC4)nc(C(C)C)nc3n2)ccc1OC. The van der Waals surface area contributed by atoms with Gasteiger partial charge in [-0.05, 0) is 30.3 Å². The predicted octanol–water partition coefficient (Wildman–Crippen LogP) is 3.45. The second-order valence-electron chi connectivity index (χ2n) is 7.63. The minimum absolute atomic E-state index is 0.168. The van der Waals surface area contributed by atoms with Crippen LogP contribution in [-0.4, -0.2) is 61.4 Å². The molecule has 0 atom stereocenters. The Balaban J connectivity index is 1.83. The molecule has 8 heteroatoms. The minimum Gasteiger partial charge on any atom is -0.496 e. The molecule has 31 heavy (non-hydrogen) atoms. The molecule has 3 aromatic rings. The molecule has 0 radical (unpaired) electrons. The molecule has 0 amide bonds. The molecule has 0 bridgehead atoms. The van der Waals surface area contributed by atoms with E-state index in [-0.39, 0.29) is 5.92 Å². The van der Waals surface area contributed by atoms with Gasteiger partial charge in [0, 0.05) is 24.6 Å². The van der Waals surface area contributed by atoms with Crippen molar-refractivity contribution in [3.63, 3.8) is 0 Å². The van der Waals surface area contributed by atoms with Gasteiger partial charge in [-0.15, -0.1) is 0 Å². The molecule has 0 saturated carbocycles. The van der Waals surface area contributed by atoms with E-state index in [9.17, 15) is 4.79 Å². The van der Waals surface area contributed by atoms with E-state index in [4.69, 9.17) is 29.2 Å². The molecule has 1 aliphatic heterocycles. The lowest BCUT2D eigenvalue weighted by molar-refractivity contribution is 0.0597. The number of carbonyl (C=O) groups is 1. The van der Waals surface area contributed by atoms with Gasteiger partial charge in [0.2, 0.25) is 0 Å². The molecule has 0 aliphatic carbocycles. The number of aromatic nitrogens is 3. The Hall–Kier alpha value is -3.26. The number of fused-ring (bicyclic) bond motifs is 1. The second-order valence-corrected chi connectivity index (χ2v) is 7.63. The number of carbonyl (C=O) groups excluding carboxylic acids is 1. The summed E-state index contributed by atoms with van der Waals surface area (Å²) in [4.78, 5) is 28.8. The molecule has 1 fully saturated rings. The van der Waals surface area contributed by atoms with Crippen molar-refractivity contribution < 1.29 is 19.0 Å². The Labute approximate surface area is 181 Å². The Morgan fingerprint density at radius 3 is 2.52 bits per heavy atom. The minimum atomic E-state index is -0.460. The first kappa shape index (κ1) is 21.0. The standard InChI is InChI=1S/C23H26N4O4/c1-14(2)20-25-21-16(22(26-20)27-9-11-31-12-10-27)6-7-18(24-21)15-5-8-19(29-3)17(13-15)23(28)30-4/h5-8,13-14H,9-12H2,1-4H3. The Bertz CT molecular complexity index is 1110. The first-order valence-electron chi connectivity index (χ1n) is 10.3. The highest BCUT2D eigenvalue weighted by molar-refractivity contribution is 5.94. The Morgan fingerprint density at radius 2 is 1.84 bits per heavy atom. The van der Waals surface area contributed by atoms with Crippen LogP contribution in [-0.2, 0) is 9.47 Å². The molecular formula is C23H26N4O4. The number of pyridine rings is 1. The number of methoxy groups -OCH3 is 2. The molecule has 0 spiro atoms. The van der Waals surface area contributed by atoms with Crippen molar-refractivity contribution in [2.45, 2.75) is 19.8 Å². The maximum Gasteiger partial charge on any atom is 0.341 e. The van der Waals surface area contributed by atoms with Crippen LogP contribution in [0.2, 0.25) is 0 Å². The number of rotatable bonds is 5. The van der Waals surface area contributed by atoms with E-state index < -0.39 is 5.97 Å². The maximum absolute atomic E-state index is 12.2. The number of hydrogen-bond donors (Lipinski definition) is 0. The lowest BCUT2D eigenvalue weighted by Crippen LogP contribution is -2.37. The average Bonchev–Trinajstić information content (AvgIpc) is 2.82. The van der Waals surface area contributed by atoms with Crippen molar-refractivity contribution in [2.75, 3.05) is 45.4 Å². The van der Waals surface area contributed by atoms with Gasteiger partial charge < -0.3 is 19.1 Å². The fourth-order valence-electron chi connectivity index (χ4n) is 3.58. The Morgan fingerprint density at radius 1 is 1.06 bits per heavy atom. The number of benzene rings is 1.